The van der Waals surface area contributed by atoms with Gasteiger partial charge in [0.2, 0.25) is 17.7 Å². The molecule has 0 saturated carbocycles. The van der Waals surface area contributed by atoms with Crippen LogP contribution in [0.2, 0.25) is 0 Å². The number of hydrogen-bond donors (Lipinski definition) is 3. The molecule has 2 aliphatic heterocycles. The highest BCUT2D eigenvalue weighted by atomic mass is 19.4. The molecule has 1 saturated heterocycles. The second-order valence-corrected chi connectivity index (χ2v) is 8.79. The SMILES string of the molecule is CC(C)C(=O)N[C@@H]1C[C@@]2(C)O[C@]1(C)c1c2c(O)n(-c2cnc(C#N)c(C(F)(F)F)c2)c1O. The van der Waals surface area contributed by atoms with Crippen molar-refractivity contribution >= 4 is 5.91 Å². The first-order valence-corrected chi connectivity index (χ1v) is 9.90. The lowest BCUT2D eigenvalue weighted by Crippen LogP contribution is -2.48. The van der Waals surface area contributed by atoms with E-state index in [0.717, 1.165) is 10.8 Å². The summed E-state index contributed by atoms with van der Waals surface area (Å²) in [6.45, 7) is 6.79. The number of nitriles is 1. The third-order valence-electron chi connectivity index (χ3n) is 6.23. The van der Waals surface area contributed by atoms with Crippen molar-refractivity contribution in [2.45, 2.75) is 57.5 Å². The van der Waals surface area contributed by atoms with Crippen molar-refractivity contribution in [3.63, 3.8) is 0 Å². The van der Waals surface area contributed by atoms with Crippen LogP contribution in [0.3, 0.4) is 0 Å². The van der Waals surface area contributed by atoms with Crippen LogP contribution < -0.4 is 5.32 Å². The first kappa shape index (κ1) is 22.0. The Balaban J connectivity index is 1.87. The summed E-state index contributed by atoms with van der Waals surface area (Å²) >= 11 is 0. The maximum Gasteiger partial charge on any atom is 0.419 e. The molecule has 32 heavy (non-hydrogen) atoms. The second-order valence-electron chi connectivity index (χ2n) is 8.79. The van der Waals surface area contributed by atoms with Crippen molar-refractivity contribution in [2.24, 2.45) is 5.92 Å². The lowest BCUT2D eigenvalue weighted by Gasteiger charge is -2.31. The molecule has 3 N–H and O–H groups in total. The van der Waals surface area contributed by atoms with Crippen LogP contribution in [0.5, 0.6) is 11.8 Å². The van der Waals surface area contributed by atoms with E-state index in [9.17, 15) is 28.2 Å². The monoisotopic (exact) mass is 450 g/mol. The number of rotatable bonds is 3. The maximum atomic E-state index is 13.4. The van der Waals surface area contributed by atoms with Gasteiger partial charge in [0.1, 0.15) is 11.7 Å². The highest BCUT2D eigenvalue weighted by Gasteiger charge is 2.65. The zero-order chi connectivity index (χ0) is 23.8. The van der Waals surface area contributed by atoms with Gasteiger partial charge in [-0.1, -0.05) is 13.8 Å². The van der Waals surface area contributed by atoms with E-state index in [1.165, 1.54) is 6.07 Å². The highest BCUT2D eigenvalue weighted by Crippen LogP contribution is 2.64. The Morgan fingerprint density at radius 3 is 2.53 bits per heavy atom. The molecule has 0 radical (unpaired) electrons. The Labute approximate surface area is 181 Å². The van der Waals surface area contributed by atoms with E-state index >= 15 is 0 Å². The van der Waals surface area contributed by atoms with Gasteiger partial charge < -0.3 is 20.3 Å². The van der Waals surface area contributed by atoms with Crippen LogP contribution in [-0.2, 0) is 26.9 Å². The van der Waals surface area contributed by atoms with Crippen LogP contribution in [0.1, 0.15) is 56.5 Å². The molecule has 1 fully saturated rings. The number of nitrogens with zero attached hydrogens (tertiary/aromatic N) is 3. The van der Waals surface area contributed by atoms with Crippen LogP contribution in [0, 0.1) is 17.2 Å². The molecular formula is C21H21F3N4O4. The number of alkyl halides is 3. The second kappa shape index (κ2) is 6.62. The lowest BCUT2D eigenvalue weighted by molar-refractivity contribution is -0.138. The van der Waals surface area contributed by atoms with Crippen LogP contribution in [0.4, 0.5) is 13.2 Å². The van der Waals surface area contributed by atoms with E-state index in [-0.39, 0.29) is 28.6 Å². The van der Waals surface area contributed by atoms with E-state index in [2.05, 4.69) is 10.3 Å². The van der Waals surface area contributed by atoms with Crippen molar-refractivity contribution in [3.05, 3.63) is 34.6 Å². The van der Waals surface area contributed by atoms with E-state index in [1.54, 1.807) is 27.7 Å². The number of hydrogen-bond acceptors (Lipinski definition) is 6. The van der Waals surface area contributed by atoms with Gasteiger partial charge in [-0.25, -0.2) is 9.55 Å². The Hall–Kier alpha value is -3.26. The van der Waals surface area contributed by atoms with Crippen molar-refractivity contribution in [1.82, 2.24) is 14.9 Å². The fourth-order valence-electron chi connectivity index (χ4n) is 4.71. The van der Waals surface area contributed by atoms with Gasteiger partial charge in [0.05, 0.1) is 40.2 Å². The normalized spacial score (nSPS) is 26.3. The average molecular weight is 450 g/mol. The molecule has 4 heterocycles. The molecule has 8 nitrogen and oxygen atoms in total. The Kier molecular flexibility index (Phi) is 4.54. The summed E-state index contributed by atoms with van der Waals surface area (Å²) in [6, 6.07) is 1.51. The smallest absolute Gasteiger partial charge is 0.419 e. The predicted octanol–water partition coefficient (Wildman–Crippen LogP) is 3.18. The van der Waals surface area contributed by atoms with Crippen molar-refractivity contribution in [3.8, 4) is 23.5 Å². The Morgan fingerprint density at radius 1 is 1.34 bits per heavy atom. The molecule has 0 unspecified atom stereocenters. The number of pyridine rings is 1. The summed E-state index contributed by atoms with van der Waals surface area (Å²) < 4.78 is 47.2. The molecular weight excluding hydrogens is 429 g/mol. The zero-order valence-electron chi connectivity index (χ0n) is 17.7. The van der Waals surface area contributed by atoms with Crippen LogP contribution in [0.25, 0.3) is 5.69 Å². The average Bonchev–Trinajstić information content (AvgIpc) is 3.21. The van der Waals surface area contributed by atoms with E-state index in [4.69, 9.17) is 10.00 Å². The minimum atomic E-state index is -4.86. The number of carbonyl (C=O) groups is 1. The minimum absolute atomic E-state index is 0.190. The number of aromatic hydroxyl groups is 2. The van der Waals surface area contributed by atoms with E-state index < -0.39 is 46.4 Å². The van der Waals surface area contributed by atoms with Crippen molar-refractivity contribution in [1.29, 1.82) is 5.26 Å². The van der Waals surface area contributed by atoms with Gasteiger partial charge in [-0.3, -0.25) is 4.79 Å². The molecule has 4 rings (SSSR count). The Bertz CT molecular complexity index is 1180. The lowest BCUT2D eigenvalue weighted by atomic mass is 9.76. The van der Waals surface area contributed by atoms with Gasteiger partial charge in [-0.05, 0) is 19.9 Å². The zero-order valence-corrected chi connectivity index (χ0v) is 17.7. The summed E-state index contributed by atoms with van der Waals surface area (Å²) in [6.07, 6.45) is -3.60. The quantitative estimate of drug-likeness (QED) is 0.661. The summed E-state index contributed by atoms with van der Waals surface area (Å²) in [5.41, 5.74) is -4.24. The summed E-state index contributed by atoms with van der Waals surface area (Å²) in [5, 5.41) is 33.8. The molecule has 2 aromatic heterocycles. The fraction of sp³-hybridized carbons (Fsp3) is 0.476. The molecule has 2 aromatic rings. The number of amides is 1. The number of nitrogens with one attached hydrogen (secondary N) is 1. The van der Waals surface area contributed by atoms with E-state index in [0.29, 0.717) is 12.5 Å². The van der Waals surface area contributed by atoms with Crippen molar-refractivity contribution in [2.75, 3.05) is 0 Å². The molecule has 0 aromatic carbocycles. The molecule has 3 atom stereocenters. The third-order valence-corrected chi connectivity index (χ3v) is 6.23. The van der Waals surface area contributed by atoms with E-state index in [1.807, 2.05) is 0 Å². The molecule has 11 heteroatoms. The van der Waals surface area contributed by atoms with Gasteiger partial charge in [0, 0.05) is 12.3 Å². The Morgan fingerprint density at radius 2 is 1.97 bits per heavy atom. The predicted molar refractivity (Wildman–Crippen MR) is 104 cm³/mol. The van der Waals surface area contributed by atoms with Crippen LogP contribution >= 0.6 is 0 Å². The molecule has 2 bridgehead atoms. The number of ether oxygens (including phenoxy) is 1. The summed E-state index contributed by atoms with van der Waals surface area (Å²) in [5.74, 6) is -1.52. The van der Waals surface area contributed by atoms with Crippen LogP contribution in [-0.4, -0.2) is 31.7 Å². The topological polar surface area (TPSA) is 120 Å². The molecule has 0 spiro atoms. The summed E-state index contributed by atoms with van der Waals surface area (Å²) in [4.78, 5) is 15.8. The first-order valence-electron chi connectivity index (χ1n) is 9.90. The maximum absolute atomic E-state index is 13.4. The molecule has 0 aliphatic carbocycles. The molecule has 2 aliphatic rings. The van der Waals surface area contributed by atoms with Gasteiger partial charge in [-0.15, -0.1) is 0 Å². The van der Waals surface area contributed by atoms with Gasteiger partial charge in [-0.2, -0.15) is 18.4 Å². The van der Waals surface area contributed by atoms with Crippen LogP contribution in [0.15, 0.2) is 12.3 Å². The summed E-state index contributed by atoms with van der Waals surface area (Å²) in [7, 11) is 0. The number of fused-ring (bicyclic) bond motifs is 5. The van der Waals surface area contributed by atoms with Gasteiger partial charge in [0.15, 0.2) is 5.69 Å². The number of halogens is 3. The largest absolute Gasteiger partial charge is 0.494 e. The molecule has 170 valence electrons. The number of carbonyl (C=O) groups excluding carboxylic acids is 1. The third kappa shape index (κ3) is 2.86. The molecule has 1 amide bonds. The standard InChI is InChI=1S/C21H21F3N4O4/c1-9(2)16(29)27-13-6-19(3)14-15(20(13,4)32-19)18(31)28(17(14)30)10-5-11(21(22,23)24)12(7-25)26-8-10/h5,8-9,13,30-31H,6H2,1-4H3,(H,27,29)/t13-,19-,20+/m1/s1. The fourth-order valence-corrected chi connectivity index (χ4v) is 4.71. The highest BCUT2D eigenvalue weighted by molar-refractivity contribution is 5.79. The minimum Gasteiger partial charge on any atom is -0.494 e. The van der Waals surface area contributed by atoms with Gasteiger partial charge in [0.25, 0.3) is 0 Å². The van der Waals surface area contributed by atoms with Gasteiger partial charge >= 0.3 is 6.18 Å². The van der Waals surface area contributed by atoms with Crippen molar-refractivity contribution < 1.29 is 32.9 Å². The number of aromatic nitrogens is 2. The first-order chi connectivity index (χ1) is 14.7.